The van der Waals surface area contributed by atoms with Gasteiger partial charge in [-0.15, -0.1) is 0 Å². The molecule has 0 aliphatic carbocycles. The standard InChI is InChI=1S/C16H18FN3O/c1-11(2)20(10-12-3-5-13(18)6-4-12)16(21)14-7-8-19-9-15(14)17/h3-9,11H,10,18H2,1-2H3. The predicted molar refractivity (Wildman–Crippen MR) is 80.1 cm³/mol. The molecule has 0 saturated carbocycles. The van der Waals surface area contributed by atoms with Crippen LogP contribution in [-0.4, -0.2) is 21.8 Å². The number of halogens is 1. The van der Waals surface area contributed by atoms with E-state index in [-0.39, 0.29) is 17.5 Å². The van der Waals surface area contributed by atoms with Crippen LogP contribution in [0, 0.1) is 5.82 Å². The molecule has 2 aromatic rings. The van der Waals surface area contributed by atoms with Gasteiger partial charge in [0, 0.05) is 24.5 Å². The minimum Gasteiger partial charge on any atom is -0.399 e. The fraction of sp³-hybridized carbons (Fsp3) is 0.250. The van der Waals surface area contributed by atoms with Crippen molar-refractivity contribution in [1.82, 2.24) is 9.88 Å². The Balaban J connectivity index is 2.25. The van der Waals surface area contributed by atoms with Crippen molar-refractivity contribution in [2.45, 2.75) is 26.4 Å². The molecule has 0 saturated heterocycles. The monoisotopic (exact) mass is 287 g/mol. The molecule has 5 heteroatoms. The van der Waals surface area contributed by atoms with Gasteiger partial charge >= 0.3 is 0 Å². The maximum atomic E-state index is 13.7. The second kappa shape index (κ2) is 6.35. The van der Waals surface area contributed by atoms with Crippen LogP contribution in [0.3, 0.4) is 0 Å². The number of hydrogen-bond acceptors (Lipinski definition) is 3. The van der Waals surface area contributed by atoms with Gasteiger partial charge in [-0.1, -0.05) is 12.1 Å². The minimum absolute atomic E-state index is 0.0362. The number of benzene rings is 1. The molecule has 2 N–H and O–H groups in total. The van der Waals surface area contributed by atoms with Gasteiger partial charge in [-0.05, 0) is 37.6 Å². The number of aromatic nitrogens is 1. The van der Waals surface area contributed by atoms with E-state index in [0.717, 1.165) is 11.8 Å². The number of nitrogens with zero attached hydrogens (tertiary/aromatic N) is 2. The van der Waals surface area contributed by atoms with Crippen molar-refractivity contribution in [3.05, 3.63) is 59.7 Å². The van der Waals surface area contributed by atoms with E-state index in [1.807, 2.05) is 26.0 Å². The molecule has 0 fully saturated rings. The van der Waals surface area contributed by atoms with Gasteiger partial charge in [-0.3, -0.25) is 9.78 Å². The molecule has 2 rings (SSSR count). The first kappa shape index (κ1) is 15.0. The lowest BCUT2D eigenvalue weighted by atomic mass is 10.1. The van der Waals surface area contributed by atoms with Crippen molar-refractivity contribution < 1.29 is 9.18 Å². The normalized spacial score (nSPS) is 10.7. The molecule has 21 heavy (non-hydrogen) atoms. The fourth-order valence-corrected chi connectivity index (χ4v) is 2.01. The van der Waals surface area contributed by atoms with Crippen molar-refractivity contribution in [3.63, 3.8) is 0 Å². The van der Waals surface area contributed by atoms with Crippen molar-refractivity contribution >= 4 is 11.6 Å². The number of carbonyl (C=O) groups is 1. The first-order valence-electron chi connectivity index (χ1n) is 6.74. The second-order valence-electron chi connectivity index (χ2n) is 5.12. The molecule has 0 unspecified atom stereocenters. The molecule has 110 valence electrons. The lowest BCUT2D eigenvalue weighted by molar-refractivity contribution is 0.0685. The zero-order valence-corrected chi connectivity index (χ0v) is 12.1. The molecule has 0 atom stereocenters. The fourth-order valence-electron chi connectivity index (χ4n) is 2.01. The van der Waals surface area contributed by atoms with E-state index in [9.17, 15) is 9.18 Å². The zero-order chi connectivity index (χ0) is 15.4. The summed E-state index contributed by atoms with van der Waals surface area (Å²) in [5, 5.41) is 0. The van der Waals surface area contributed by atoms with Crippen LogP contribution in [0.5, 0.6) is 0 Å². The topological polar surface area (TPSA) is 59.2 Å². The van der Waals surface area contributed by atoms with Crippen LogP contribution in [0.25, 0.3) is 0 Å². The Kier molecular flexibility index (Phi) is 4.52. The maximum Gasteiger partial charge on any atom is 0.257 e. The van der Waals surface area contributed by atoms with Crippen molar-refractivity contribution in [3.8, 4) is 0 Å². The van der Waals surface area contributed by atoms with E-state index in [1.54, 1.807) is 17.0 Å². The summed E-state index contributed by atoms with van der Waals surface area (Å²) < 4.78 is 13.7. The third-order valence-electron chi connectivity index (χ3n) is 3.22. The summed E-state index contributed by atoms with van der Waals surface area (Å²) >= 11 is 0. The Morgan fingerprint density at radius 1 is 1.29 bits per heavy atom. The summed E-state index contributed by atoms with van der Waals surface area (Å²) in [6.45, 7) is 4.20. The molecule has 1 heterocycles. The molecule has 1 amide bonds. The lowest BCUT2D eigenvalue weighted by Crippen LogP contribution is -2.36. The lowest BCUT2D eigenvalue weighted by Gasteiger charge is -2.27. The van der Waals surface area contributed by atoms with Crippen LogP contribution < -0.4 is 5.73 Å². The summed E-state index contributed by atoms with van der Waals surface area (Å²) in [4.78, 5) is 17.8. The van der Waals surface area contributed by atoms with Gasteiger partial charge in [0.15, 0.2) is 5.82 Å². The van der Waals surface area contributed by atoms with Crippen molar-refractivity contribution in [2.24, 2.45) is 0 Å². The van der Waals surface area contributed by atoms with Crippen LogP contribution in [0.2, 0.25) is 0 Å². The summed E-state index contributed by atoms with van der Waals surface area (Å²) in [6.07, 6.45) is 2.47. The van der Waals surface area contributed by atoms with E-state index >= 15 is 0 Å². The van der Waals surface area contributed by atoms with E-state index in [2.05, 4.69) is 4.98 Å². The third-order valence-corrected chi connectivity index (χ3v) is 3.22. The van der Waals surface area contributed by atoms with Gasteiger partial charge in [-0.25, -0.2) is 4.39 Å². The van der Waals surface area contributed by atoms with E-state index < -0.39 is 5.82 Å². The Hall–Kier alpha value is -2.43. The van der Waals surface area contributed by atoms with Crippen LogP contribution in [0.15, 0.2) is 42.7 Å². The minimum atomic E-state index is -0.606. The van der Waals surface area contributed by atoms with Gasteiger partial charge in [0.25, 0.3) is 5.91 Å². The molecular weight excluding hydrogens is 269 g/mol. The second-order valence-corrected chi connectivity index (χ2v) is 5.12. The number of pyridine rings is 1. The van der Waals surface area contributed by atoms with Gasteiger partial charge in [0.1, 0.15) is 0 Å². The SMILES string of the molecule is CC(C)N(Cc1ccc(N)cc1)C(=O)c1ccncc1F. The first-order chi connectivity index (χ1) is 9.99. The van der Waals surface area contributed by atoms with E-state index in [4.69, 9.17) is 5.73 Å². The first-order valence-corrected chi connectivity index (χ1v) is 6.74. The maximum absolute atomic E-state index is 13.7. The smallest absolute Gasteiger partial charge is 0.257 e. The Bertz CT molecular complexity index is 626. The average Bonchev–Trinajstić information content (AvgIpc) is 2.46. The molecule has 1 aromatic heterocycles. The Morgan fingerprint density at radius 2 is 1.95 bits per heavy atom. The Labute approximate surface area is 123 Å². The highest BCUT2D eigenvalue weighted by molar-refractivity contribution is 5.94. The predicted octanol–water partition coefficient (Wildman–Crippen LogP) is 2.85. The number of hydrogen-bond donors (Lipinski definition) is 1. The quantitative estimate of drug-likeness (QED) is 0.880. The summed E-state index contributed by atoms with van der Waals surface area (Å²) in [5.74, 6) is -0.952. The van der Waals surface area contributed by atoms with Gasteiger partial charge in [0.05, 0.1) is 11.8 Å². The summed E-state index contributed by atoms with van der Waals surface area (Å²) in [7, 11) is 0. The van der Waals surface area contributed by atoms with Crippen LogP contribution in [0.1, 0.15) is 29.8 Å². The van der Waals surface area contributed by atoms with Crippen LogP contribution in [0.4, 0.5) is 10.1 Å². The molecule has 1 aromatic carbocycles. The van der Waals surface area contributed by atoms with Crippen molar-refractivity contribution in [1.29, 1.82) is 0 Å². The third kappa shape index (κ3) is 3.56. The molecular formula is C16H18FN3O. The molecule has 0 aliphatic heterocycles. The van der Waals surface area contributed by atoms with E-state index in [0.29, 0.717) is 12.2 Å². The van der Waals surface area contributed by atoms with Crippen LogP contribution in [-0.2, 0) is 6.54 Å². The average molecular weight is 287 g/mol. The molecule has 0 spiro atoms. The highest BCUT2D eigenvalue weighted by atomic mass is 19.1. The highest BCUT2D eigenvalue weighted by Gasteiger charge is 2.21. The van der Waals surface area contributed by atoms with Crippen molar-refractivity contribution in [2.75, 3.05) is 5.73 Å². The molecule has 4 nitrogen and oxygen atoms in total. The number of rotatable bonds is 4. The number of carbonyl (C=O) groups excluding carboxylic acids is 1. The molecule has 0 radical (unpaired) electrons. The summed E-state index contributed by atoms with van der Waals surface area (Å²) in [5.41, 5.74) is 7.30. The summed E-state index contributed by atoms with van der Waals surface area (Å²) in [6, 6.07) is 8.64. The number of nitrogen functional groups attached to an aromatic ring is 1. The zero-order valence-electron chi connectivity index (χ0n) is 12.1. The highest BCUT2D eigenvalue weighted by Crippen LogP contribution is 2.16. The van der Waals surface area contributed by atoms with Crippen LogP contribution >= 0.6 is 0 Å². The van der Waals surface area contributed by atoms with Gasteiger partial charge < -0.3 is 10.6 Å². The number of amides is 1. The van der Waals surface area contributed by atoms with E-state index in [1.165, 1.54) is 12.3 Å². The number of anilines is 1. The molecule has 0 aliphatic rings. The molecule has 0 bridgehead atoms. The Morgan fingerprint density at radius 3 is 2.52 bits per heavy atom. The van der Waals surface area contributed by atoms with Gasteiger partial charge in [-0.2, -0.15) is 0 Å². The van der Waals surface area contributed by atoms with Gasteiger partial charge in [0.2, 0.25) is 0 Å². The largest absolute Gasteiger partial charge is 0.399 e. The number of nitrogens with two attached hydrogens (primary N) is 1.